The zero-order valence-corrected chi connectivity index (χ0v) is 18.8. The Hall–Kier alpha value is -2.07. The summed E-state index contributed by atoms with van der Waals surface area (Å²) in [6, 6.07) is 8.40. The molecule has 0 bridgehead atoms. The minimum atomic E-state index is -3.42. The van der Waals surface area contributed by atoms with Crippen LogP contribution in [0.5, 0.6) is 0 Å². The third kappa shape index (κ3) is 6.00. The van der Waals surface area contributed by atoms with E-state index in [9.17, 15) is 13.2 Å². The minimum Gasteiger partial charge on any atom is -0.381 e. The fourth-order valence-electron chi connectivity index (χ4n) is 3.93. The molecule has 1 aliphatic heterocycles. The van der Waals surface area contributed by atoms with Crippen LogP contribution in [0.15, 0.2) is 41.3 Å². The smallest absolute Gasteiger partial charge is 0.248 e. The standard InChI is InChI=1S/C22H30FN3O4S/c1-3-10-26(31(2,28)29)16-18-4-5-19(14-20(18)23)22(7-11-30-12-8-22)25-15-17-6-9-24-21(27)13-17/h4-6,9,13-14,25H,3,7-8,10-12,15-16H2,1-2H3,(H,24,27). The SMILES string of the molecule is CCCN(Cc1ccc(C2(NCc3cc[nH]c(=O)c3)CCOCC2)cc1F)S(C)(=O)=O. The first-order valence-electron chi connectivity index (χ1n) is 10.5. The van der Waals surface area contributed by atoms with Gasteiger partial charge in [0.2, 0.25) is 15.6 Å². The van der Waals surface area contributed by atoms with E-state index in [2.05, 4.69) is 10.3 Å². The van der Waals surface area contributed by atoms with Crippen molar-refractivity contribution in [3.05, 3.63) is 69.4 Å². The van der Waals surface area contributed by atoms with Crippen molar-refractivity contribution in [2.75, 3.05) is 26.0 Å². The highest BCUT2D eigenvalue weighted by Crippen LogP contribution is 2.33. The summed E-state index contributed by atoms with van der Waals surface area (Å²) in [7, 11) is -3.42. The van der Waals surface area contributed by atoms with E-state index in [1.54, 1.807) is 12.3 Å². The maximum atomic E-state index is 15.1. The average Bonchev–Trinajstić information content (AvgIpc) is 2.73. The Kier molecular flexibility index (Phi) is 7.64. The number of aromatic amines is 1. The molecule has 0 radical (unpaired) electrons. The Morgan fingerprint density at radius 3 is 2.58 bits per heavy atom. The number of hydrogen-bond donors (Lipinski definition) is 2. The second-order valence-electron chi connectivity index (χ2n) is 8.01. The lowest BCUT2D eigenvalue weighted by molar-refractivity contribution is 0.0356. The van der Waals surface area contributed by atoms with Crippen molar-refractivity contribution in [1.82, 2.24) is 14.6 Å². The van der Waals surface area contributed by atoms with Crippen molar-refractivity contribution in [3.8, 4) is 0 Å². The Morgan fingerprint density at radius 1 is 1.23 bits per heavy atom. The van der Waals surface area contributed by atoms with Gasteiger partial charge in [0.15, 0.2) is 0 Å². The highest BCUT2D eigenvalue weighted by atomic mass is 32.2. The number of rotatable bonds is 9. The number of sulfonamides is 1. The lowest BCUT2D eigenvalue weighted by atomic mass is 9.82. The number of ether oxygens (including phenoxy) is 1. The summed E-state index contributed by atoms with van der Waals surface area (Å²) in [5, 5.41) is 3.52. The van der Waals surface area contributed by atoms with Gasteiger partial charge in [-0.15, -0.1) is 0 Å². The van der Waals surface area contributed by atoms with E-state index in [1.165, 1.54) is 16.4 Å². The fourth-order valence-corrected chi connectivity index (χ4v) is 4.82. The van der Waals surface area contributed by atoms with E-state index < -0.39 is 21.4 Å². The van der Waals surface area contributed by atoms with Crippen molar-refractivity contribution in [3.63, 3.8) is 0 Å². The van der Waals surface area contributed by atoms with Gasteiger partial charge in [0.25, 0.3) is 0 Å². The van der Waals surface area contributed by atoms with Gasteiger partial charge in [0.05, 0.1) is 6.26 Å². The summed E-state index contributed by atoms with van der Waals surface area (Å²) in [5.41, 5.74) is 1.33. The summed E-state index contributed by atoms with van der Waals surface area (Å²) < 4.78 is 45.9. The molecule has 3 rings (SSSR count). The number of H-pyrrole nitrogens is 1. The van der Waals surface area contributed by atoms with Crippen LogP contribution in [0.1, 0.15) is 42.9 Å². The summed E-state index contributed by atoms with van der Waals surface area (Å²) in [5.74, 6) is -0.425. The van der Waals surface area contributed by atoms with Gasteiger partial charge >= 0.3 is 0 Å². The van der Waals surface area contributed by atoms with Crippen LogP contribution in [0.2, 0.25) is 0 Å². The zero-order chi connectivity index (χ0) is 22.5. The number of hydrogen-bond acceptors (Lipinski definition) is 5. The van der Waals surface area contributed by atoms with Crippen LogP contribution in [0.25, 0.3) is 0 Å². The van der Waals surface area contributed by atoms with Crippen molar-refractivity contribution in [1.29, 1.82) is 0 Å². The Morgan fingerprint density at radius 2 is 1.97 bits per heavy atom. The number of halogens is 1. The van der Waals surface area contributed by atoms with E-state index in [1.807, 2.05) is 19.1 Å². The van der Waals surface area contributed by atoms with E-state index in [-0.39, 0.29) is 12.1 Å². The van der Waals surface area contributed by atoms with Crippen LogP contribution in [-0.4, -0.2) is 43.7 Å². The van der Waals surface area contributed by atoms with Crippen molar-refractivity contribution in [2.45, 2.75) is 44.8 Å². The molecule has 0 atom stereocenters. The first kappa shape index (κ1) is 23.6. The molecule has 1 saturated heterocycles. The normalized spacial score (nSPS) is 16.5. The second-order valence-corrected chi connectivity index (χ2v) is 9.99. The van der Waals surface area contributed by atoms with Crippen LogP contribution in [-0.2, 0) is 33.4 Å². The predicted molar refractivity (Wildman–Crippen MR) is 118 cm³/mol. The minimum absolute atomic E-state index is 0.00905. The number of pyridine rings is 1. The van der Waals surface area contributed by atoms with Gasteiger partial charge in [-0.3, -0.25) is 4.79 Å². The molecule has 1 aliphatic rings. The summed E-state index contributed by atoms with van der Waals surface area (Å²) in [6.07, 6.45) is 4.74. The maximum absolute atomic E-state index is 15.1. The molecule has 9 heteroatoms. The molecule has 1 aromatic carbocycles. The maximum Gasteiger partial charge on any atom is 0.248 e. The molecule has 1 fully saturated rings. The lowest BCUT2D eigenvalue weighted by Gasteiger charge is -2.39. The average molecular weight is 452 g/mol. The molecule has 2 aromatic rings. The first-order valence-corrected chi connectivity index (χ1v) is 12.3. The highest BCUT2D eigenvalue weighted by molar-refractivity contribution is 7.88. The van der Waals surface area contributed by atoms with Crippen LogP contribution in [0, 0.1) is 5.82 Å². The van der Waals surface area contributed by atoms with Gasteiger partial charge in [0.1, 0.15) is 5.82 Å². The van der Waals surface area contributed by atoms with Crippen molar-refractivity contribution in [2.24, 2.45) is 0 Å². The predicted octanol–water partition coefficient (Wildman–Crippen LogP) is 2.48. The highest BCUT2D eigenvalue weighted by Gasteiger charge is 2.34. The topological polar surface area (TPSA) is 91.5 Å². The van der Waals surface area contributed by atoms with Gasteiger partial charge in [-0.05, 0) is 42.5 Å². The Balaban J connectivity index is 1.85. The lowest BCUT2D eigenvalue weighted by Crippen LogP contribution is -2.46. The number of aromatic nitrogens is 1. The first-order chi connectivity index (χ1) is 14.7. The van der Waals surface area contributed by atoms with Gasteiger partial charge in [-0.25, -0.2) is 12.8 Å². The van der Waals surface area contributed by atoms with E-state index >= 15 is 4.39 Å². The molecule has 31 heavy (non-hydrogen) atoms. The van der Waals surface area contributed by atoms with Gasteiger partial charge in [-0.2, -0.15) is 4.31 Å². The molecular formula is C22H30FN3O4S. The van der Waals surface area contributed by atoms with Gasteiger partial charge < -0.3 is 15.0 Å². The molecular weight excluding hydrogens is 421 g/mol. The van der Waals surface area contributed by atoms with E-state index in [0.29, 0.717) is 51.1 Å². The zero-order valence-electron chi connectivity index (χ0n) is 18.0. The Labute approximate surface area is 182 Å². The van der Waals surface area contributed by atoms with Crippen molar-refractivity contribution < 1.29 is 17.5 Å². The molecule has 2 N–H and O–H groups in total. The van der Waals surface area contributed by atoms with E-state index in [4.69, 9.17) is 4.74 Å². The summed E-state index contributed by atoms with van der Waals surface area (Å²) in [4.78, 5) is 14.2. The second kappa shape index (κ2) is 10.0. The van der Waals surface area contributed by atoms with Crippen molar-refractivity contribution >= 4 is 10.0 Å². The largest absolute Gasteiger partial charge is 0.381 e. The fraction of sp³-hybridized carbons (Fsp3) is 0.500. The monoisotopic (exact) mass is 451 g/mol. The molecule has 0 amide bonds. The molecule has 0 spiro atoms. The molecule has 2 heterocycles. The number of benzene rings is 1. The third-order valence-electron chi connectivity index (χ3n) is 5.71. The number of nitrogens with one attached hydrogen (secondary N) is 2. The van der Waals surface area contributed by atoms with Crippen LogP contribution in [0.4, 0.5) is 4.39 Å². The van der Waals surface area contributed by atoms with Crippen LogP contribution < -0.4 is 10.9 Å². The molecule has 7 nitrogen and oxygen atoms in total. The quantitative estimate of drug-likeness (QED) is 0.611. The Bertz CT molecular complexity index is 1050. The molecule has 0 unspecified atom stereocenters. The molecule has 1 aromatic heterocycles. The van der Waals surface area contributed by atoms with Gasteiger partial charge in [-0.1, -0.05) is 19.1 Å². The summed E-state index contributed by atoms with van der Waals surface area (Å²) in [6.45, 7) is 3.80. The summed E-state index contributed by atoms with van der Waals surface area (Å²) >= 11 is 0. The van der Waals surface area contributed by atoms with Crippen LogP contribution in [0.3, 0.4) is 0 Å². The van der Waals surface area contributed by atoms with Gasteiger partial charge in [0, 0.05) is 56.2 Å². The molecule has 170 valence electrons. The molecule has 0 saturated carbocycles. The molecule has 0 aliphatic carbocycles. The van der Waals surface area contributed by atoms with E-state index in [0.717, 1.165) is 17.4 Å². The van der Waals surface area contributed by atoms with Crippen LogP contribution >= 0.6 is 0 Å². The number of nitrogens with zero attached hydrogens (tertiary/aromatic N) is 1. The third-order valence-corrected chi connectivity index (χ3v) is 6.96.